The Morgan fingerprint density at radius 3 is 2.53 bits per heavy atom. The molecule has 2 heteroatoms. The van der Waals surface area contributed by atoms with Gasteiger partial charge in [0.1, 0.15) is 0 Å². The molecule has 1 aromatic carbocycles. The molecule has 19 heavy (non-hydrogen) atoms. The molecule has 2 saturated heterocycles. The Morgan fingerprint density at radius 1 is 1.00 bits per heavy atom. The van der Waals surface area contributed by atoms with E-state index in [0.29, 0.717) is 5.92 Å². The van der Waals surface area contributed by atoms with Crippen molar-refractivity contribution in [3.8, 4) is 0 Å². The van der Waals surface area contributed by atoms with Gasteiger partial charge >= 0.3 is 0 Å². The van der Waals surface area contributed by atoms with E-state index in [2.05, 4.69) is 47.9 Å². The first-order valence-electron chi connectivity index (χ1n) is 7.83. The Hall–Kier alpha value is -1.02. The van der Waals surface area contributed by atoms with Crippen molar-refractivity contribution in [1.29, 1.82) is 0 Å². The highest BCUT2D eigenvalue weighted by molar-refractivity contribution is 5.48. The van der Waals surface area contributed by atoms with Gasteiger partial charge in [-0.15, -0.1) is 0 Å². The van der Waals surface area contributed by atoms with Crippen LogP contribution in [0.5, 0.6) is 0 Å². The van der Waals surface area contributed by atoms with E-state index in [1.54, 1.807) is 0 Å². The molecule has 0 aromatic heterocycles. The van der Waals surface area contributed by atoms with Crippen molar-refractivity contribution in [3.63, 3.8) is 0 Å². The molecule has 104 valence electrons. The van der Waals surface area contributed by atoms with Gasteiger partial charge in [0.25, 0.3) is 0 Å². The third kappa shape index (κ3) is 2.79. The lowest BCUT2D eigenvalue weighted by Gasteiger charge is -2.45. The van der Waals surface area contributed by atoms with E-state index in [-0.39, 0.29) is 0 Å². The number of anilines is 1. The van der Waals surface area contributed by atoms with Crippen LogP contribution in [0, 0.1) is 0 Å². The molecule has 0 saturated carbocycles. The molecule has 1 aromatic rings. The molecule has 0 spiro atoms. The quantitative estimate of drug-likeness (QED) is 0.801. The maximum absolute atomic E-state index is 2.70. The zero-order chi connectivity index (χ0) is 13.2. The third-order valence-electron chi connectivity index (χ3n) is 4.76. The average molecular weight is 258 g/mol. The van der Waals surface area contributed by atoms with Gasteiger partial charge in [-0.2, -0.15) is 0 Å². The first-order chi connectivity index (χ1) is 9.24. The summed E-state index contributed by atoms with van der Waals surface area (Å²) in [5.74, 6) is 0.629. The smallest absolute Gasteiger partial charge is 0.0367 e. The summed E-state index contributed by atoms with van der Waals surface area (Å²) in [6, 6.07) is 10.0. The van der Waals surface area contributed by atoms with Gasteiger partial charge in [0.15, 0.2) is 0 Å². The van der Waals surface area contributed by atoms with Crippen LogP contribution in [-0.4, -0.2) is 37.1 Å². The summed E-state index contributed by atoms with van der Waals surface area (Å²) in [7, 11) is 0. The Morgan fingerprint density at radius 2 is 1.79 bits per heavy atom. The van der Waals surface area contributed by atoms with Crippen LogP contribution in [0.4, 0.5) is 5.69 Å². The monoisotopic (exact) mass is 258 g/mol. The van der Waals surface area contributed by atoms with Crippen LogP contribution in [0.3, 0.4) is 0 Å². The number of piperazine rings is 1. The Kier molecular flexibility index (Phi) is 3.79. The molecule has 1 unspecified atom stereocenters. The maximum Gasteiger partial charge on any atom is 0.0367 e. The molecule has 2 aliphatic rings. The number of hydrogen-bond donors (Lipinski definition) is 0. The SMILES string of the molecule is CC(C)c1ccc(N2CCN3CCCCC3C2)cc1. The van der Waals surface area contributed by atoms with Crippen LogP contribution in [0.2, 0.25) is 0 Å². The fourth-order valence-corrected chi connectivity index (χ4v) is 3.46. The molecule has 3 rings (SSSR count). The van der Waals surface area contributed by atoms with E-state index in [4.69, 9.17) is 0 Å². The second-order valence-electron chi connectivity index (χ2n) is 6.38. The molecule has 2 heterocycles. The van der Waals surface area contributed by atoms with Crippen LogP contribution < -0.4 is 4.90 Å². The van der Waals surface area contributed by atoms with Gasteiger partial charge in [-0.3, -0.25) is 4.90 Å². The van der Waals surface area contributed by atoms with Crippen molar-refractivity contribution in [2.24, 2.45) is 0 Å². The normalized spacial score (nSPS) is 24.6. The molecule has 0 amide bonds. The van der Waals surface area contributed by atoms with Crippen molar-refractivity contribution < 1.29 is 0 Å². The van der Waals surface area contributed by atoms with Gasteiger partial charge in [0.05, 0.1) is 0 Å². The second-order valence-corrected chi connectivity index (χ2v) is 6.38. The van der Waals surface area contributed by atoms with Crippen LogP contribution >= 0.6 is 0 Å². The standard InChI is InChI=1S/C17H26N2/c1-14(2)15-6-8-16(9-7-15)19-12-11-18-10-4-3-5-17(18)13-19/h6-9,14,17H,3-5,10-13H2,1-2H3. The highest BCUT2D eigenvalue weighted by Gasteiger charge is 2.28. The first-order valence-corrected chi connectivity index (χ1v) is 7.83. The van der Waals surface area contributed by atoms with E-state index in [1.165, 1.54) is 56.7 Å². The minimum absolute atomic E-state index is 0.629. The molecule has 0 aliphatic carbocycles. The predicted octanol–water partition coefficient (Wildman–Crippen LogP) is 3.48. The van der Waals surface area contributed by atoms with Gasteiger partial charge in [-0.05, 0) is 43.0 Å². The highest BCUT2D eigenvalue weighted by Crippen LogP contribution is 2.26. The van der Waals surface area contributed by atoms with E-state index < -0.39 is 0 Å². The van der Waals surface area contributed by atoms with Gasteiger partial charge < -0.3 is 4.90 Å². The van der Waals surface area contributed by atoms with Crippen molar-refractivity contribution in [1.82, 2.24) is 4.90 Å². The summed E-state index contributed by atoms with van der Waals surface area (Å²) >= 11 is 0. The number of hydrogen-bond acceptors (Lipinski definition) is 2. The van der Waals surface area contributed by atoms with Crippen LogP contribution in [-0.2, 0) is 0 Å². The zero-order valence-corrected chi connectivity index (χ0v) is 12.3. The van der Waals surface area contributed by atoms with Crippen molar-refractivity contribution in [2.45, 2.75) is 45.1 Å². The fraction of sp³-hybridized carbons (Fsp3) is 0.647. The number of rotatable bonds is 2. The van der Waals surface area contributed by atoms with Gasteiger partial charge in [0.2, 0.25) is 0 Å². The molecule has 1 atom stereocenters. The number of nitrogens with zero attached hydrogens (tertiary/aromatic N) is 2. The number of fused-ring (bicyclic) bond motifs is 1. The average Bonchev–Trinajstić information content (AvgIpc) is 2.47. The van der Waals surface area contributed by atoms with Crippen LogP contribution in [0.25, 0.3) is 0 Å². The second kappa shape index (κ2) is 5.54. The lowest BCUT2D eigenvalue weighted by atomic mass is 9.98. The van der Waals surface area contributed by atoms with Crippen LogP contribution in [0.1, 0.15) is 44.6 Å². The molecular weight excluding hydrogens is 232 g/mol. The summed E-state index contributed by atoms with van der Waals surface area (Å²) in [5.41, 5.74) is 2.86. The summed E-state index contributed by atoms with van der Waals surface area (Å²) < 4.78 is 0. The molecule has 2 nitrogen and oxygen atoms in total. The molecule has 2 fully saturated rings. The highest BCUT2D eigenvalue weighted by atomic mass is 15.3. The third-order valence-corrected chi connectivity index (χ3v) is 4.76. The molecular formula is C17H26N2. The Labute approximate surface area is 117 Å². The van der Waals surface area contributed by atoms with E-state index in [0.717, 1.165) is 6.04 Å². The fourth-order valence-electron chi connectivity index (χ4n) is 3.46. The molecule has 0 bridgehead atoms. The molecule has 0 N–H and O–H groups in total. The minimum Gasteiger partial charge on any atom is -0.369 e. The minimum atomic E-state index is 0.629. The van der Waals surface area contributed by atoms with Gasteiger partial charge in [-0.1, -0.05) is 32.4 Å². The Bertz CT molecular complexity index is 410. The number of benzene rings is 1. The lowest BCUT2D eigenvalue weighted by Crippen LogP contribution is -2.54. The predicted molar refractivity (Wildman–Crippen MR) is 82.0 cm³/mol. The summed E-state index contributed by atoms with van der Waals surface area (Å²) in [6.07, 6.45) is 4.21. The number of piperidine rings is 1. The van der Waals surface area contributed by atoms with Crippen molar-refractivity contribution >= 4 is 5.69 Å². The van der Waals surface area contributed by atoms with E-state index >= 15 is 0 Å². The van der Waals surface area contributed by atoms with Crippen molar-refractivity contribution in [2.75, 3.05) is 31.1 Å². The Balaban J connectivity index is 1.69. The van der Waals surface area contributed by atoms with E-state index in [9.17, 15) is 0 Å². The topological polar surface area (TPSA) is 6.48 Å². The van der Waals surface area contributed by atoms with Crippen LogP contribution in [0.15, 0.2) is 24.3 Å². The summed E-state index contributed by atoms with van der Waals surface area (Å²) in [4.78, 5) is 5.28. The zero-order valence-electron chi connectivity index (χ0n) is 12.3. The lowest BCUT2D eigenvalue weighted by molar-refractivity contribution is 0.133. The maximum atomic E-state index is 2.70. The molecule has 2 aliphatic heterocycles. The summed E-state index contributed by atoms with van der Waals surface area (Å²) in [5, 5.41) is 0. The largest absolute Gasteiger partial charge is 0.369 e. The van der Waals surface area contributed by atoms with Crippen molar-refractivity contribution in [3.05, 3.63) is 29.8 Å². The van der Waals surface area contributed by atoms with Gasteiger partial charge in [-0.25, -0.2) is 0 Å². The summed E-state index contributed by atoms with van der Waals surface area (Å²) in [6.45, 7) is 9.51. The first kappa shape index (κ1) is 13.0. The molecule has 0 radical (unpaired) electrons. The van der Waals surface area contributed by atoms with Gasteiger partial charge in [0, 0.05) is 31.4 Å². The van der Waals surface area contributed by atoms with E-state index in [1.807, 2.05) is 0 Å².